The summed E-state index contributed by atoms with van der Waals surface area (Å²) in [6.45, 7) is 0.892. The van der Waals surface area contributed by atoms with Gasteiger partial charge in [0, 0.05) is 22.7 Å². The first-order chi connectivity index (χ1) is 6.83. The standard InChI is InChI=1S/C11H14N2S/c1-12-7-9-5-8-3-4-10(14-2)6-11(8)13-9/h3-6,12-13H,7H2,1-2H3. The van der Waals surface area contributed by atoms with Crippen LogP contribution >= 0.6 is 11.8 Å². The van der Waals surface area contributed by atoms with E-state index in [1.54, 1.807) is 11.8 Å². The molecule has 0 spiro atoms. The molecule has 1 heterocycles. The fourth-order valence-electron chi connectivity index (χ4n) is 1.58. The number of benzene rings is 1. The van der Waals surface area contributed by atoms with Gasteiger partial charge in [0.25, 0.3) is 0 Å². The van der Waals surface area contributed by atoms with Gasteiger partial charge in [-0.15, -0.1) is 11.8 Å². The number of H-pyrrole nitrogens is 1. The van der Waals surface area contributed by atoms with Crippen molar-refractivity contribution in [3.8, 4) is 0 Å². The minimum absolute atomic E-state index is 0.892. The van der Waals surface area contributed by atoms with Crippen molar-refractivity contribution < 1.29 is 0 Å². The molecule has 1 aromatic carbocycles. The zero-order chi connectivity index (χ0) is 9.97. The second-order valence-corrected chi connectivity index (χ2v) is 4.16. The van der Waals surface area contributed by atoms with Crippen LogP contribution in [0.25, 0.3) is 10.9 Å². The van der Waals surface area contributed by atoms with E-state index in [1.165, 1.54) is 21.5 Å². The van der Waals surface area contributed by atoms with Crippen molar-refractivity contribution in [2.75, 3.05) is 13.3 Å². The molecule has 3 heteroatoms. The third kappa shape index (κ3) is 1.79. The number of aromatic amines is 1. The molecule has 0 aliphatic carbocycles. The summed E-state index contributed by atoms with van der Waals surface area (Å²) in [7, 11) is 1.96. The third-order valence-electron chi connectivity index (χ3n) is 2.25. The monoisotopic (exact) mass is 206 g/mol. The maximum absolute atomic E-state index is 3.40. The van der Waals surface area contributed by atoms with Crippen LogP contribution in [0.3, 0.4) is 0 Å². The second kappa shape index (κ2) is 4.07. The van der Waals surface area contributed by atoms with Gasteiger partial charge in [-0.1, -0.05) is 6.07 Å². The Bertz CT molecular complexity index is 434. The molecule has 0 aliphatic heterocycles. The minimum Gasteiger partial charge on any atom is -0.357 e. The van der Waals surface area contributed by atoms with Crippen molar-refractivity contribution in [1.29, 1.82) is 0 Å². The number of nitrogens with one attached hydrogen (secondary N) is 2. The van der Waals surface area contributed by atoms with Gasteiger partial charge in [0.15, 0.2) is 0 Å². The molecule has 0 fully saturated rings. The van der Waals surface area contributed by atoms with Crippen molar-refractivity contribution in [2.45, 2.75) is 11.4 Å². The van der Waals surface area contributed by atoms with Crippen molar-refractivity contribution >= 4 is 22.7 Å². The van der Waals surface area contributed by atoms with E-state index < -0.39 is 0 Å². The maximum Gasteiger partial charge on any atom is 0.0467 e. The lowest BCUT2D eigenvalue weighted by Crippen LogP contribution is -2.04. The number of aromatic nitrogens is 1. The van der Waals surface area contributed by atoms with Crippen LogP contribution in [0.4, 0.5) is 0 Å². The van der Waals surface area contributed by atoms with E-state index in [0.717, 1.165) is 6.54 Å². The molecule has 0 atom stereocenters. The molecule has 0 bridgehead atoms. The Labute approximate surface area is 88.1 Å². The maximum atomic E-state index is 3.40. The Morgan fingerprint density at radius 1 is 1.36 bits per heavy atom. The molecule has 0 amide bonds. The van der Waals surface area contributed by atoms with E-state index >= 15 is 0 Å². The van der Waals surface area contributed by atoms with Crippen LogP contribution in [0.2, 0.25) is 0 Å². The lowest BCUT2D eigenvalue weighted by Gasteiger charge is -1.95. The molecular weight excluding hydrogens is 192 g/mol. The van der Waals surface area contributed by atoms with E-state index in [-0.39, 0.29) is 0 Å². The zero-order valence-corrected chi connectivity index (χ0v) is 9.24. The Morgan fingerprint density at radius 3 is 2.93 bits per heavy atom. The topological polar surface area (TPSA) is 27.8 Å². The Morgan fingerprint density at radius 2 is 2.21 bits per heavy atom. The fourth-order valence-corrected chi connectivity index (χ4v) is 2.02. The quantitative estimate of drug-likeness (QED) is 0.755. The summed E-state index contributed by atoms with van der Waals surface area (Å²) in [6.07, 6.45) is 2.10. The molecule has 2 nitrogen and oxygen atoms in total. The summed E-state index contributed by atoms with van der Waals surface area (Å²) in [6, 6.07) is 8.70. The Balaban J connectivity index is 2.43. The van der Waals surface area contributed by atoms with Crippen LogP contribution in [0, 0.1) is 0 Å². The number of hydrogen-bond acceptors (Lipinski definition) is 2. The Kier molecular flexibility index (Phi) is 2.79. The molecule has 2 aromatic rings. The molecule has 2 rings (SSSR count). The van der Waals surface area contributed by atoms with Crippen LogP contribution in [-0.4, -0.2) is 18.3 Å². The minimum atomic E-state index is 0.892. The number of rotatable bonds is 3. The van der Waals surface area contributed by atoms with Crippen LogP contribution < -0.4 is 5.32 Å². The lowest BCUT2D eigenvalue weighted by atomic mass is 10.2. The van der Waals surface area contributed by atoms with E-state index in [2.05, 4.69) is 40.8 Å². The summed E-state index contributed by atoms with van der Waals surface area (Å²) in [5.41, 5.74) is 2.46. The van der Waals surface area contributed by atoms with Crippen LogP contribution in [0.5, 0.6) is 0 Å². The van der Waals surface area contributed by atoms with Gasteiger partial charge in [-0.25, -0.2) is 0 Å². The van der Waals surface area contributed by atoms with E-state index in [4.69, 9.17) is 0 Å². The summed E-state index contributed by atoms with van der Waals surface area (Å²) in [4.78, 5) is 4.70. The van der Waals surface area contributed by atoms with E-state index in [1.807, 2.05) is 7.05 Å². The molecule has 0 unspecified atom stereocenters. The summed E-state index contributed by atoms with van der Waals surface area (Å²) < 4.78 is 0. The molecule has 0 aliphatic rings. The summed E-state index contributed by atoms with van der Waals surface area (Å²) >= 11 is 1.77. The molecule has 74 valence electrons. The van der Waals surface area contributed by atoms with Crippen molar-refractivity contribution in [3.63, 3.8) is 0 Å². The second-order valence-electron chi connectivity index (χ2n) is 3.28. The highest BCUT2D eigenvalue weighted by Crippen LogP contribution is 2.22. The van der Waals surface area contributed by atoms with Gasteiger partial charge >= 0.3 is 0 Å². The largest absolute Gasteiger partial charge is 0.357 e. The van der Waals surface area contributed by atoms with Gasteiger partial charge in [-0.05, 0) is 36.9 Å². The number of thioether (sulfide) groups is 1. The molecule has 14 heavy (non-hydrogen) atoms. The van der Waals surface area contributed by atoms with Gasteiger partial charge in [0.1, 0.15) is 0 Å². The molecule has 0 radical (unpaired) electrons. The van der Waals surface area contributed by atoms with Gasteiger partial charge < -0.3 is 10.3 Å². The predicted molar refractivity (Wildman–Crippen MR) is 62.8 cm³/mol. The molecule has 2 N–H and O–H groups in total. The first-order valence-electron chi connectivity index (χ1n) is 4.63. The average Bonchev–Trinajstić information content (AvgIpc) is 2.59. The van der Waals surface area contributed by atoms with Gasteiger partial charge in [0.2, 0.25) is 0 Å². The number of fused-ring (bicyclic) bond motifs is 1. The van der Waals surface area contributed by atoms with Crippen molar-refractivity contribution in [1.82, 2.24) is 10.3 Å². The van der Waals surface area contributed by atoms with Gasteiger partial charge in [-0.3, -0.25) is 0 Å². The van der Waals surface area contributed by atoms with Crippen LogP contribution in [-0.2, 0) is 6.54 Å². The number of hydrogen-bond donors (Lipinski definition) is 2. The molecule has 0 saturated carbocycles. The summed E-state index contributed by atoms with van der Waals surface area (Å²) in [5, 5.41) is 4.42. The fraction of sp³-hybridized carbons (Fsp3) is 0.273. The van der Waals surface area contributed by atoms with Crippen LogP contribution in [0.1, 0.15) is 5.69 Å². The SMILES string of the molecule is CNCc1cc2ccc(SC)cc2[nH]1. The van der Waals surface area contributed by atoms with Gasteiger partial charge in [0.05, 0.1) is 0 Å². The molecule has 0 saturated heterocycles. The van der Waals surface area contributed by atoms with Gasteiger partial charge in [-0.2, -0.15) is 0 Å². The summed E-state index contributed by atoms with van der Waals surface area (Å²) in [5.74, 6) is 0. The first kappa shape index (κ1) is 9.62. The van der Waals surface area contributed by atoms with E-state index in [9.17, 15) is 0 Å². The predicted octanol–water partition coefficient (Wildman–Crippen LogP) is 2.61. The van der Waals surface area contributed by atoms with Crippen molar-refractivity contribution in [2.24, 2.45) is 0 Å². The third-order valence-corrected chi connectivity index (χ3v) is 2.98. The highest BCUT2D eigenvalue weighted by atomic mass is 32.2. The van der Waals surface area contributed by atoms with Crippen molar-refractivity contribution in [3.05, 3.63) is 30.0 Å². The first-order valence-corrected chi connectivity index (χ1v) is 5.86. The van der Waals surface area contributed by atoms with E-state index in [0.29, 0.717) is 0 Å². The zero-order valence-electron chi connectivity index (χ0n) is 8.42. The highest BCUT2D eigenvalue weighted by Gasteiger charge is 2.00. The molecule has 1 aromatic heterocycles. The lowest BCUT2D eigenvalue weighted by molar-refractivity contribution is 0.799. The Hall–Kier alpha value is -0.930. The average molecular weight is 206 g/mol. The normalized spacial score (nSPS) is 11.0. The molecular formula is C11H14N2S. The van der Waals surface area contributed by atoms with Crippen LogP contribution in [0.15, 0.2) is 29.2 Å². The smallest absolute Gasteiger partial charge is 0.0467 e. The highest BCUT2D eigenvalue weighted by molar-refractivity contribution is 7.98.